The monoisotopic (exact) mass is 307 g/mol. The number of amides is 2. The Kier molecular flexibility index (Phi) is 5.08. The van der Waals surface area contributed by atoms with Gasteiger partial charge in [0, 0.05) is 17.7 Å². The normalized spacial score (nSPS) is 15.7. The van der Waals surface area contributed by atoms with E-state index >= 15 is 0 Å². The van der Waals surface area contributed by atoms with Crippen LogP contribution in [-0.4, -0.2) is 33.1 Å². The molecule has 0 aromatic heterocycles. The topological polar surface area (TPSA) is 95.2 Å². The molecule has 1 aromatic carbocycles. The average molecular weight is 307 g/mol. The summed E-state index contributed by atoms with van der Waals surface area (Å²) in [5.74, 6) is 1.85. The number of nitrogens with one attached hydrogen (secondary N) is 1. The van der Waals surface area contributed by atoms with Gasteiger partial charge in [-0.1, -0.05) is 0 Å². The lowest BCUT2D eigenvalue weighted by atomic mass is 10.00. The standard InChI is InChI=1S/C15H21N3O4/c1-20-12-7-9-5-4-6-10(17-18-15(16)19)8-11(9)13(21-2)14(12)22-3/h7H,4-6,8H2,1-3H3,(H3,16,18,19). The number of aryl methyl sites for hydroxylation is 1. The van der Waals surface area contributed by atoms with Crippen LogP contribution in [0.4, 0.5) is 4.79 Å². The summed E-state index contributed by atoms with van der Waals surface area (Å²) < 4.78 is 16.3. The highest BCUT2D eigenvalue weighted by Gasteiger charge is 2.23. The van der Waals surface area contributed by atoms with E-state index in [1.807, 2.05) is 6.07 Å². The second-order valence-electron chi connectivity index (χ2n) is 4.97. The molecule has 22 heavy (non-hydrogen) atoms. The predicted molar refractivity (Wildman–Crippen MR) is 82.9 cm³/mol. The van der Waals surface area contributed by atoms with E-state index in [9.17, 15) is 4.79 Å². The van der Waals surface area contributed by atoms with E-state index in [0.29, 0.717) is 23.7 Å². The van der Waals surface area contributed by atoms with Crippen molar-refractivity contribution in [1.29, 1.82) is 0 Å². The van der Waals surface area contributed by atoms with Crippen LogP contribution in [0.25, 0.3) is 0 Å². The highest BCUT2D eigenvalue weighted by Crippen LogP contribution is 2.43. The molecule has 7 heteroatoms. The molecular weight excluding hydrogens is 286 g/mol. The van der Waals surface area contributed by atoms with Crippen LogP contribution in [0.2, 0.25) is 0 Å². The quantitative estimate of drug-likeness (QED) is 0.652. The minimum atomic E-state index is -0.670. The molecule has 3 N–H and O–H groups in total. The molecular formula is C15H21N3O4. The van der Waals surface area contributed by atoms with Gasteiger partial charge in [-0.3, -0.25) is 0 Å². The number of urea groups is 1. The van der Waals surface area contributed by atoms with E-state index < -0.39 is 6.03 Å². The van der Waals surface area contributed by atoms with Gasteiger partial charge < -0.3 is 19.9 Å². The number of hydrogen-bond donors (Lipinski definition) is 2. The first-order valence-corrected chi connectivity index (χ1v) is 7.02. The van der Waals surface area contributed by atoms with E-state index in [1.165, 1.54) is 0 Å². The number of hydrogen-bond acceptors (Lipinski definition) is 5. The molecule has 1 aliphatic carbocycles. The van der Waals surface area contributed by atoms with Crippen molar-refractivity contribution in [3.8, 4) is 17.2 Å². The lowest BCUT2D eigenvalue weighted by Gasteiger charge is -2.18. The Balaban J connectivity index is 2.47. The molecule has 0 bridgehead atoms. The summed E-state index contributed by atoms with van der Waals surface area (Å²) in [5, 5.41) is 4.08. The molecule has 0 aliphatic heterocycles. The van der Waals surface area contributed by atoms with E-state index in [2.05, 4.69) is 10.5 Å². The number of benzene rings is 1. The van der Waals surface area contributed by atoms with Gasteiger partial charge in [0.15, 0.2) is 11.5 Å². The number of methoxy groups -OCH3 is 3. The zero-order valence-corrected chi connectivity index (χ0v) is 13.1. The minimum absolute atomic E-state index is 0.563. The number of rotatable bonds is 4. The second-order valence-corrected chi connectivity index (χ2v) is 4.97. The largest absolute Gasteiger partial charge is 0.493 e. The fourth-order valence-electron chi connectivity index (χ4n) is 2.69. The molecule has 2 rings (SSSR count). The van der Waals surface area contributed by atoms with Crippen molar-refractivity contribution in [3.63, 3.8) is 0 Å². The van der Waals surface area contributed by atoms with Gasteiger partial charge in [-0.15, -0.1) is 0 Å². The zero-order chi connectivity index (χ0) is 16.1. The number of nitrogens with zero attached hydrogens (tertiary/aromatic N) is 1. The van der Waals surface area contributed by atoms with Crippen LogP contribution >= 0.6 is 0 Å². The molecule has 0 atom stereocenters. The molecule has 7 nitrogen and oxygen atoms in total. The van der Waals surface area contributed by atoms with Gasteiger partial charge in [0.05, 0.1) is 21.3 Å². The molecule has 0 fully saturated rings. The second kappa shape index (κ2) is 7.02. The molecule has 0 saturated heterocycles. The van der Waals surface area contributed by atoms with E-state index in [0.717, 1.165) is 36.1 Å². The average Bonchev–Trinajstić information content (AvgIpc) is 2.72. The third kappa shape index (κ3) is 3.24. The van der Waals surface area contributed by atoms with Crippen LogP contribution in [0.3, 0.4) is 0 Å². The van der Waals surface area contributed by atoms with Gasteiger partial charge in [0.1, 0.15) is 0 Å². The van der Waals surface area contributed by atoms with Crippen molar-refractivity contribution in [3.05, 3.63) is 17.2 Å². The Morgan fingerprint density at radius 3 is 2.50 bits per heavy atom. The van der Waals surface area contributed by atoms with E-state index in [4.69, 9.17) is 19.9 Å². The SMILES string of the molecule is COc1cc2c(c(OC)c1OC)CC(=NNC(N)=O)CCC2. The number of nitrogens with two attached hydrogens (primary N) is 1. The van der Waals surface area contributed by atoms with Crippen molar-refractivity contribution in [2.45, 2.75) is 25.7 Å². The minimum Gasteiger partial charge on any atom is -0.493 e. The lowest BCUT2D eigenvalue weighted by Crippen LogP contribution is -2.26. The Morgan fingerprint density at radius 1 is 1.18 bits per heavy atom. The summed E-state index contributed by atoms with van der Waals surface area (Å²) in [6, 6.07) is 1.30. The molecule has 0 radical (unpaired) electrons. The van der Waals surface area contributed by atoms with Crippen molar-refractivity contribution < 1.29 is 19.0 Å². The molecule has 2 amide bonds. The van der Waals surface area contributed by atoms with Crippen LogP contribution < -0.4 is 25.4 Å². The Hall–Kier alpha value is -2.44. The van der Waals surface area contributed by atoms with Crippen LogP contribution in [-0.2, 0) is 12.8 Å². The van der Waals surface area contributed by atoms with Crippen LogP contribution in [0.15, 0.2) is 11.2 Å². The Labute approximate surface area is 129 Å². The van der Waals surface area contributed by atoms with Gasteiger partial charge in [-0.25, -0.2) is 10.2 Å². The maximum absolute atomic E-state index is 10.8. The fraction of sp³-hybridized carbons (Fsp3) is 0.467. The van der Waals surface area contributed by atoms with Crippen LogP contribution in [0.5, 0.6) is 17.2 Å². The van der Waals surface area contributed by atoms with Crippen molar-refractivity contribution in [2.75, 3.05) is 21.3 Å². The van der Waals surface area contributed by atoms with Crippen molar-refractivity contribution in [1.82, 2.24) is 5.43 Å². The summed E-state index contributed by atoms with van der Waals surface area (Å²) in [7, 11) is 4.78. The maximum Gasteiger partial charge on any atom is 0.332 e. The van der Waals surface area contributed by atoms with Gasteiger partial charge in [-0.05, 0) is 30.9 Å². The highest BCUT2D eigenvalue weighted by atomic mass is 16.5. The highest BCUT2D eigenvalue weighted by molar-refractivity contribution is 5.89. The first kappa shape index (κ1) is 15.9. The van der Waals surface area contributed by atoms with Gasteiger partial charge in [0.2, 0.25) is 5.75 Å². The number of carbonyl (C=O) groups is 1. The molecule has 0 unspecified atom stereocenters. The smallest absolute Gasteiger partial charge is 0.332 e. The van der Waals surface area contributed by atoms with Crippen LogP contribution in [0, 0.1) is 0 Å². The number of primary amides is 1. The third-order valence-electron chi connectivity index (χ3n) is 3.64. The van der Waals surface area contributed by atoms with Crippen molar-refractivity contribution >= 4 is 11.7 Å². The number of fused-ring (bicyclic) bond motifs is 1. The summed E-state index contributed by atoms with van der Waals surface area (Å²) in [6.07, 6.45) is 3.15. The van der Waals surface area contributed by atoms with Crippen LogP contribution in [0.1, 0.15) is 24.0 Å². The van der Waals surface area contributed by atoms with E-state index in [-0.39, 0.29) is 0 Å². The summed E-state index contributed by atoms with van der Waals surface area (Å²) in [6.45, 7) is 0. The Bertz CT molecular complexity index is 599. The summed E-state index contributed by atoms with van der Waals surface area (Å²) in [5.41, 5.74) is 10.3. The number of ether oxygens (including phenoxy) is 3. The first-order chi connectivity index (χ1) is 10.6. The summed E-state index contributed by atoms with van der Waals surface area (Å²) >= 11 is 0. The predicted octanol–water partition coefficient (Wildman–Crippen LogP) is 1.62. The maximum atomic E-state index is 10.8. The zero-order valence-electron chi connectivity index (χ0n) is 13.1. The summed E-state index contributed by atoms with van der Waals surface area (Å²) in [4.78, 5) is 10.8. The third-order valence-corrected chi connectivity index (χ3v) is 3.64. The van der Waals surface area contributed by atoms with Crippen molar-refractivity contribution in [2.24, 2.45) is 10.8 Å². The van der Waals surface area contributed by atoms with Gasteiger partial charge in [0.25, 0.3) is 0 Å². The van der Waals surface area contributed by atoms with E-state index in [1.54, 1.807) is 21.3 Å². The first-order valence-electron chi connectivity index (χ1n) is 7.02. The fourth-order valence-corrected chi connectivity index (χ4v) is 2.69. The Morgan fingerprint density at radius 2 is 1.91 bits per heavy atom. The molecule has 0 heterocycles. The number of hydrazone groups is 1. The molecule has 120 valence electrons. The molecule has 0 saturated carbocycles. The lowest BCUT2D eigenvalue weighted by molar-refractivity contribution is 0.249. The molecule has 1 aromatic rings. The number of carbonyl (C=O) groups excluding carboxylic acids is 1. The van der Waals surface area contributed by atoms with Gasteiger partial charge >= 0.3 is 6.03 Å². The molecule has 0 spiro atoms. The molecule has 1 aliphatic rings. The van der Waals surface area contributed by atoms with Gasteiger partial charge in [-0.2, -0.15) is 5.10 Å².